The van der Waals surface area contributed by atoms with Crippen LogP contribution < -0.4 is 20.5 Å². The Kier molecular flexibility index (Phi) is 6.22. The summed E-state index contributed by atoms with van der Waals surface area (Å²) in [5, 5.41) is 15.3. The Balaban J connectivity index is 1.44. The first-order valence-corrected chi connectivity index (χ1v) is 12.9. The summed E-state index contributed by atoms with van der Waals surface area (Å²) >= 11 is 0. The van der Waals surface area contributed by atoms with Gasteiger partial charge in [-0.25, -0.2) is 19.0 Å². The minimum Gasteiger partial charge on any atom is -0.310 e. The number of nitrogens with one attached hydrogen (secondary N) is 1. The molecule has 0 spiro atoms. The maximum absolute atomic E-state index is 13.9. The zero-order chi connectivity index (χ0) is 27.2. The average Bonchev–Trinajstić information content (AvgIpc) is 3.53. The molecular formula is C26H20F3N5O3S. The van der Waals surface area contributed by atoms with Gasteiger partial charge in [0.15, 0.2) is 0 Å². The molecule has 3 N–H and O–H groups in total. The van der Waals surface area contributed by atoms with E-state index in [0.717, 1.165) is 16.6 Å². The Labute approximate surface area is 216 Å². The third-order valence-electron chi connectivity index (χ3n) is 6.37. The van der Waals surface area contributed by atoms with E-state index in [2.05, 4.69) is 5.43 Å². The first kappa shape index (κ1) is 25.5. The van der Waals surface area contributed by atoms with Gasteiger partial charge in [-0.3, -0.25) is 9.80 Å². The van der Waals surface area contributed by atoms with E-state index in [0.29, 0.717) is 23.2 Å². The molecule has 0 radical (unpaired) electrons. The van der Waals surface area contributed by atoms with Gasteiger partial charge < -0.3 is 4.90 Å². The molecule has 0 bridgehead atoms. The summed E-state index contributed by atoms with van der Waals surface area (Å²) < 4.78 is 65.6. The number of nitriles is 1. The molecule has 3 aromatic carbocycles. The molecule has 194 valence electrons. The van der Waals surface area contributed by atoms with Crippen LogP contribution in [-0.2, 0) is 21.2 Å². The van der Waals surface area contributed by atoms with E-state index in [9.17, 15) is 26.4 Å². The summed E-state index contributed by atoms with van der Waals surface area (Å²) in [6, 6.07) is 17.5. The van der Waals surface area contributed by atoms with Gasteiger partial charge in [-0.05, 0) is 60.0 Å². The standard InChI is InChI=1S/C26H20F3N5O3S/c27-26(28,29)24-14-21(32-34(24)19-5-3-4-16(12-19)15-30)25(35)33-11-10-18-13-17(8-9-22(18)33)20-6-1-2-7-23(20)38(31,36)37/h1-9,12-14,21,32H,10-11H2,(H2,31,36,37). The van der Waals surface area contributed by atoms with Gasteiger partial charge in [-0.15, -0.1) is 0 Å². The normalized spacial score (nSPS) is 17.2. The van der Waals surface area contributed by atoms with Gasteiger partial charge in [0.05, 0.1) is 22.2 Å². The molecule has 2 aliphatic rings. The molecule has 1 atom stereocenters. The molecule has 0 aromatic heterocycles. The molecule has 5 rings (SSSR count). The zero-order valence-electron chi connectivity index (χ0n) is 19.6. The number of benzene rings is 3. The van der Waals surface area contributed by atoms with Crippen LogP contribution in [0.4, 0.5) is 24.5 Å². The minimum absolute atomic E-state index is 0.0357. The molecule has 1 unspecified atom stereocenters. The van der Waals surface area contributed by atoms with Crippen LogP contribution in [-0.4, -0.2) is 33.1 Å². The number of nitrogens with zero attached hydrogens (tertiary/aromatic N) is 3. The van der Waals surface area contributed by atoms with Gasteiger partial charge in [-0.2, -0.15) is 18.4 Å². The highest BCUT2D eigenvalue weighted by molar-refractivity contribution is 7.89. The number of primary sulfonamides is 1. The topological polar surface area (TPSA) is 120 Å². The molecule has 8 nitrogen and oxygen atoms in total. The number of alkyl halides is 3. The van der Waals surface area contributed by atoms with Crippen molar-refractivity contribution >= 4 is 27.3 Å². The lowest BCUT2D eigenvalue weighted by molar-refractivity contribution is -0.119. The Morgan fingerprint density at radius 2 is 1.84 bits per heavy atom. The molecule has 0 saturated carbocycles. The van der Waals surface area contributed by atoms with Crippen molar-refractivity contribution in [3.8, 4) is 17.2 Å². The zero-order valence-corrected chi connectivity index (χ0v) is 20.4. The highest BCUT2D eigenvalue weighted by atomic mass is 32.2. The Morgan fingerprint density at radius 3 is 2.55 bits per heavy atom. The van der Waals surface area contributed by atoms with Crippen molar-refractivity contribution in [2.24, 2.45) is 5.14 Å². The number of hydrazine groups is 1. The Bertz CT molecular complexity index is 1630. The smallest absolute Gasteiger partial charge is 0.310 e. The van der Waals surface area contributed by atoms with Crippen LogP contribution in [0.2, 0.25) is 0 Å². The number of carbonyl (C=O) groups is 1. The maximum atomic E-state index is 13.9. The molecule has 12 heteroatoms. The van der Waals surface area contributed by atoms with Gasteiger partial charge in [-0.1, -0.05) is 30.3 Å². The van der Waals surface area contributed by atoms with E-state index in [1.165, 1.54) is 35.2 Å². The molecule has 0 saturated heterocycles. The van der Waals surface area contributed by atoms with E-state index < -0.39 is 33.8 Å². The summed E-state index contributed by atoms with van der Waals surface area (Å²) in [6.07, 6.45) is -3.49. The summed E-state index contributed by atoms with van der Waals surface area (Å²) in [4.78, 5) is 14.8. The molecular weight excluding hydrogens is 519 g/mol. The van der Waals surface area contributed by atoms with Crippen molar-refractivity contribution < 1.29 is 26.4 Å². The number of hydrogen-bond donors (Lipinski definition) is 2. The van der Waals surface area contributed by atoms with Gasteiger partial charge in [0.1, 0.15) is 11.7 Å². The number of carbonyl (C=O) groups excluding carboxylic acids is 1. The average molecular weight is 540 g/mol. The number of sulfonamides is 1. The van der Waals surface area contributed by atoms with Crippen LogP contribution in [0.15, 0.2) is 83.4 Å². The van der Waals surface area contributed by atoms with Gasteiger partial charge >= 0.3 is 6.18 Å². The molecule has 2 aliphatic heterocycles. The van der Waals surface area contributed by atoms with Gasteiger partial charge in [0.2, 0.25) is 15.9 Å². The number of nitrogens with two attached hydrogens (primary N) is 1. The van der Waals surface area contributed by atoms with Crippen molar-refractivity contribution in [2.45, 2.75) is 23.5 Å². The second kappa shape index (κ2) is 9.29. The molecule has 2 heterocycles. The molecule has 0 aliphatic carbocycles. The molecule has 38 heavy (non-hydrogen) atoms. The fraction of sp³-hybridized carbons (Fsp3) is 0.154. The van der Waals surface area contributed by atoms with Crippen molar-refractivity contribution in [1.29, 1.82) is 5.26 Å². The minimum atomic E-state index is -4.75. The number of hydrogen-bond acceptors (Lipinski definition) is 6. The summed E-state index contributed by atoms with van der Waals surface area (Å²) in [7, 11) is -3.97. The maximum Gasteiger partial charge on any atom is 0.432 e. The van der Waals surface area contributed by atoms with Gasteiger partial charge in [0, 0.05) is 17.8 Å². The third-order valence-corrected chi connectivity index (χ3v) is 7.34. The lowest BCUT2D eigenvalue weighted by atomic mass is 10.0. The molecule has 3 aromatic rings. The van der Waals surface area contributed by atoms with Crippen LogP contribution >= 0.6 is 0 Å². The lowest BCUT2D eigenvalue weighted by Gasteiger charge is -2.26. The number of rotatable bonds is 4. The summed E-state index contributed by atoms with van der Waals surface area (Å²) in [5.74, 6) is -0.581. The third kappa shape index (κ3) is 4.63. The lowest BCUT2D eigenvalue weighted by Crippen LogP contribution is -2.48. The second-order valence-corrected chi connectivity index (χ2v) is 10.3. The summed E-state index contributed by atoms with van der Waals surface area (Å²) in [6.45, 7) is 0.242. The Hall–Kier alpha value is -4.18. The monoisotopic (exact) mass is 539 g/mol. The predicted octanol–water partition coefficient (Wildman–Crippen LogP) is 3.60. The van der Waals surface area contributed by atoms with Crippen LogP contribution in [0.3, 0.4) is 0 Å². The molecule has 1 amide bonds. The van der Waals surface area contributed by atoms with Gasteiger partial charge in [0.25, 0.3) is 0 Å². The number of allylic oxidation sites excluding steroid dienone is 1. The quantitative estimate of drug-likeness (QED) is 0.523. The van der Waals surface area contributed by atoms with E-state index in [4.69, 9.17) is 10.4 Å². The van der Waals surface area contributed by atoms with Crippen LogP contribution in [0.5, 0.6) is 0 Å². The largest absolute Gasteiger partial charge is 0.432 e. The Morgan fingerprint density at radius 1 is 1.08 bits per heavy atom. The first-order chi connectivity index (χ1) is 18.0. The van der Waals surface area contributed by atoms with Crippen LogP contribution in [0, 0.1) is 11.3 Å². The van der Waals surface area contributed by atoms with E-state index in [1.807, 2.05) is 6.07 Å². The number of amides is 1. The highest BCUT2D eigenvalue weighted by Gasteiger charge is 2.45. The van der Waals surface area contributed by atoms with Crippen molar-refractivity contribution in [2.75, 3.05) is 16.5 Å². The van der Waals surface area contributed by atoms with E-state index in [-0.39, 0.29) is 22.7 Å². The van der Waals surface area contributed by atoms with Crippen LogP contribution in [0.25, 0.3) is 11.1 Å². The number of fused-ring (bicyclic) bond motifs is 1. The van der Waals surface area contributed by atoms with E-state index in [1.54, 1.807) is 36.4 Å². The number of halogens is 3. The fourth-order valence-electron chi connectivity index (χ4n) is 4.67. The van der Waals surface area contributed by atoms with Crippen LogP contribution in [0.1, 0.15) is 11.1 Å². The molecule has 0 fully saturated rings. The van der Waals surface area contributed by atoms with Crippen molar-refractivity contribution in [3.63, 3.8) is 0 Å². The predicted molar refractivity (Wildman–Crippen MR) is 134 cm³/mol. The number of anilines is 2. The van der Waals surface area contributed by atoms with Crippen molar-refractivity contribution in [1.82, 2.24) is 5.43 Å². The summed E-state index contributed by atoms with van der Waals surface area (Å²) in [5.41, 5.74) is 4.09. The van der Waals surface area contributed by atoms with Crippen molar-refractivity contribution in [3.05, 3.63) is 89.6 Å². The highest BCUT2D eigenvalue weighted by Crippen LogP contribution is 2.38. The van der Waals surface area contributed by atoms with E-state index >= 15 is 0 Å². The first-order valence-electron chi connectivity index (χ1n) is 11.4. The SMILES string of the molecule is N#Cc1cccc(N2NC(C(=O)N3CCc4cc(-c5ccccc5S(N)(=O)=O)ccc43)C=C2C(F)(F)F)c1. The fourth-order valence-corrected chi connectivity index (χ4v) is 5.43. The second-order valence-electron chi connectivity index (χ2n) is 8.78.